The first-order chi connectivity index (χ1) is 5.77. The molecule has 0 heterocycles. The molecule has 80 valence electrons. The van der Waals surface area contributed by atoms with E-state index >= 15 is 0 Å². The monoisotopic (exact) mass is 226 g/mol. The Morgan fingerprint density at radius 1 is 1.31 bits per heavy atom. The van der Waals surface area contributed by atoms with E-state index in [1.807, 2.05) is 0 Å². The van der Waals surface area contributed by atoms with Crippen molar-refractivity contribution in [2.24, 2.45) is 0 Å². The van der Waals surface area contributed by atoms with Crippen LogP contribution in [0.15, 0.2) is 0 Å². The van der Waals surface area contributed by atoms with Gasteiger partial charge >= 0.3 is 0 Å². The number of nitrogens with one attached hydrogen (secondary N) is 1. The van der Waals surface area contributed by atoms with E-state index in [2.05, 4.69) is 17.4 Å². The molecule has 6 heteroatoms. The van der Waals surface area contributed by atoms with Crippen LogP contribution in [-0.2, 0) is 0 Å². The van der Waals surface area contributed by atoms with Crippen LogP contribution in [0.5, 0.6) is 0 Å². The molecule has 0 saturated carbocycles. The van der Waals surface area contributed by atoms with Gasteiger partial charge in [0.2, 0.25) is 0 Å². The highest BCUT2D eigenvalue weighted by Crippen LogP contribution is 2.04. The molecule has 0 unspecified atom stereocenters. The lowest BCUT2D eigenvalue weighted by Crippen LogP contribution is -2.31. The first-order valence-electron chi connectivity index (χ1n) is 3.97. The van der Waals surface area contributed by atoms with E-state index in [0.717, 1.165) is 30.8 Å². The Hall–Kier alpha value is -0.0700. The van der Waals surface area contributed by atoms with Crippen LogP contribution in [0.25, 0.3) is 0 Å². The summed E-state index contributed by atoms with van der Waals surface area (Å²) < 4.78 is 2.14. The lowest BCUT2D eigenvalue weighted by molar-refractivity contribution is -0.247. The van der Waals surface area contributed by atoms with Crippen LogP contribution in [-0.4, -0.2) is 17.6 Å². The van der Waals surface area contributed by atoms with Gasteiger partial charge in [0, 0.05) is 5.75 Å². The average Bonchev–Trinajstić information content (AvgIpc) is 2.02. The number of hydrogen-bond donors (Lipinski definition) is 3. The van der Waals surface area contributed by atoms with Crippen molar-refractivity contribution in [3.63, 3.8) is 0 Å². The quantitative estimate of drug-likeness (QED) is 0.348. The molecule has 0 spiro atoms. The van der Waals surface area contributed by atoms with Gasteiger partial charge in [0.15, 0.2) is 0 Å². The second-order valence-corrected chi connectivity index (χ2v) is 3.72. The normalized spacial score (nSPS) is 9.00. The topological polar surface area (TPSA) is 88.7 Å². The van der Waals surface area contributed by atoms with Crippen molar-refractivity contribution in [1.82, 2.24) is 10.9 Å². The summed E-state index contributed by atoms with van der Waals surface area (Å²) in [5.74, 6) is 1.75. The Kier molecular flexibility index (Phi) is 14.1. The number of quaternary nitrogens is 1. The van der Waals surface area contributed by atoms with Crippen LogP contribution >= 0.6 is 24.6 Å². The van der Waals surface area contributed by atoms with Gasteiger partial charge in [-0.3, -0.25) is 0 Å². The molecule has 0 aromatic heterocycles. The van der Waals surface area contributed by atoms with Gasteiger partial charge < -0.3 is 20.8 Å². The van der Waals surface area contributed by atoms with Gasteiger partial charge in [-0.15, -0.1) is 0 Å². The zero-order chi connectivity index (χ0) is 9.23. The molecule has 0 aromatic rings. The van der Waals surface area contributed by atoms with Crippen LogP contribution in [0.3, 0.4) is 0 Å². The molecule has 0 aliphatic rings. The van der Waals surface area contributed by atoms with Gasteiger partial charge in [0.05, 0.1) is 0 Å². The molecular formula is C7H18N2O2S2. The molecule has 0 rings (SSSR count). The van der Waals surface area contributed by atoms with Crippen LogP contribution in [0.1, 0.15) is 25.7 Å². The van der Waals surface area contributed by atoms with Crippen LogP contribution in [0, 0.1) is 0 Å². The summed E-state index contributed by atoms with van der Waals surface area (Å²) in [4.78, 5) is 9.88. The molecule has 0 radical (unpaired) electrons. The highest BCUT2D eigenvalue weighted by Gasteiger charge is 1.89. The highest BCUT2D eigenvalue weighted by atomic mass is 32.2. The minimum absolute atomic E-state index is 0. The molecule has 0 aromatic carbocycles. The molecule has 4 nitrogen and oxygen atoms in total. The third kappa shape index (κ3) is 14.8. The van der Waals surface area contributed by atoms with Crippen molar-refractivity contribution < 1.29 is 9.90 Å². The van der Waals surface area contributed by atoms with E-state index in [4.69, 9.17) is 0 Å². The molecule has 1 amide bonds. The number of carbonyl (C=O) groups is 1. The number of hydrogen-bond acceptors (Lipinski definition) is 4. The number of rotatable bonds is 7. The van der Waals surface area contributed by atoms with Gasteiger partial charge in [-0.25, -0.2) is 0 Å². The Labute approximate surface area is 89.0 Å². The van der Waals surface area contributed by atoms with Crippen molar-refractivity contribution in [2.45, 2.75) is 25.7 Å². The predicted molar refractivity (Wildman–Crippen MR) is 59.3 cm³/mol. The van der Waals surface area contributed by atoms with E-state index in [1.165, 1.54) is 18.4 Å². The summed E-state index contributed by atoms with van der Waals surface area (Å²) in [6.45, 7) is 0. The number of carboxylic acid groups (broad SMARTS) is 1. The first-order valence-corrected chi connectivity index (χ1v) is 5.59. The van der Waals surface area contributed by atoms with Crippen LogP contribution in [0.4, 0.5) is 4.79 Å². The summed E-state index contributed by atoms with van der Waals surface area (Å²) in [5, 5.41) is 9.88. The number of unbranched alkanes of at least 4 members (excludes halogenated alkanes) is 3. The van der Waals surface area contributed by atoms with Gasteiger partial charge in [0.1, 0.15) is 6.09 Å². The maximum absolute atomic E-state index is 9.88. The second-order valence-electron chi connectivity index (χ2n) is 2.38. The highest BCUT2D eigenvalue weighted by molar-refractivity contribution is 7.97. The molecule has 0 bridgehead atoms. The van der Waals surface area contributed by atoms with Gasteiger partial charge in [-0.1, -0.05) is 24.8 Å². The summed E-state index contributed by atoms with van der Waals surface area (Å²) >= 11 is 5.28. The van der Waals surface area contributed by atoms with E-state index in [0.29, 0.717) is 0 Å². The Morgan fingerprint density at radius 3 is 2.46 bits per heavy atom. The zero-order valence-electron chi connectivity index (χ0n) is 7.91. The Morgan fingerprint density at radius 2 is 1.92 bits per heavy atom. The van der Waals surface area contributed by atoms with E-state index in [1.54, 1.807) is 0 Å². The first kappa shape index (κ1) is 15.4. The molecule has 13 heavy (non-hydrogen) atoms. The van der Waals surface area contributed by atoms with E-state index in [9.17, 15) is 9.90 Å². The van der Waals surface area contributed by atoms with Gasteiger partial charge in [0.25, 0.3) is 0 Å². The lowest BCUT2D eigenvalue weighted by atomic mass is 10.2. The van der Waals surface area contributed by atoms with Gasteiger partial charge in [-0.2, -0.15) is 12.6 Å². The second kappa shape index (κ2) is 11.9. The predicted octanol–water partition coefficient (Wildman–Crippen LogP) is 1.43. The maximum atomic E-state index is 9.88. The van der Waals surface area contributed by atoms with E-state index in [-0.39, 0.29) is 6.15 Å². The minimum atomic E-state index is -1.21. The molecule has 5 N–H and O–H groups in total. The Balaban J connectivity index is 0. The van der Waals surface area contributed by atoms with Crippen molar-refractivity contribution >= 4 is 30.7 Å². The molecule has 0 atom stereocenters. The summed E-state index contributed by atoms with van der Waals surface area (Å²) in [6.07, 6.45) is 3.29. The molecular weight excluding hydrogens is 208 g/mol. The van der Waals surface area contributed by atoms with Crippen LogP contribution in [0.2, 0.25) is 0 Å². The fourth-order valence-corrected chi connectivity index (χ4v) is 1.54. The average molecular weight is 226 g/mol. The minimum Gasteiger partial charge on any atom is -0.529 e. The maximum Gasteiger partial charge on any atom is 0.144 e. The fourth-order valence-electron chi connectivity index (χ4n) is 0.750. The van der Waals surface area contributed by atoms with Crippen molar-refractivity contribution in [3.8, 4) is 0 Å². The third-order valence-electron chi connectivity index (χ3n) is 1.31. The Bertz CT molecular complexity index is 125. The largest absolute Gasteiger partial charge is 0.529 e. The number of thiol groups is 1. The molecule has 0 saturated heterocycles. The van der Waals surface area contributed by atoms with Crippen molar-refractivity contribution in [2.75, 3.05) is 11.5 Å². The summed E-state index contributed by atoms with van der Waals surface area (Å²) in [7, 11) is 0. The third-order valence-corrected chi connectivity index (χ3v) is 2.43. The zero-order valence-corrected chi connectivity index (χ0v) is 9.63. The smallest absolute Gasteiger partial charge is 0.144 e. The van der Waals surface area contributed by atoms with Crippen LogP contribution < -0.4 is 16.0 Å². The van der Waals surface area contributed by atoms with E-state index < -0.39 is 6.09 Å². The molecule has 0 fully saturated rings. The molecule has 0 aliphatic carbocycles. The summed E-state index contributed by atoms with van der Waals surface area (Å²) in [5.41, 5.74) is 0. The SMILES string of the molecule is O=C([O-])NSCCCCCCS.[NH4+]. The number of carbonyl (C=O) groups excluding carboxylic acids is 1. The fraction of sp³-hybridized carbons (Fsp3) is 0.857. The number of amides is 1. The summed E-state index contributed by atoms with van der Waals surface area (Å²) in [6, 6.07) is 0. The van der Waals surface area contributed by atoms with Crippen molar-refractivity contribution in [1.29, 1.82) is 0 Å². The van der Waals surface area contributed by atoms with Gasteiger partial charge in [-0.05, 0) is 18.6 Å². The standard InChI is InChI=1S/C7H15NO2S2.H3N/c9-7(10)8-12-6-4-2-1-3-5-11;/h8,11H,1-6H2,(H,9,10);1H3. The molecule has 0 aliphatic heterocycles. The van der Waals surface area contributed by atoms with Crippen molar-refractivity contribution in [3.05, 3.63) is 0 Å². The lowest BCUT2D eigenvalue weighted by Gasteiger charge is -2.04.